The second-order valence-corrected chi connectivity index (χ2v) is 7.05. The number of aromatic nitrogens is 6. The van der Waals surface area contributed by atoms with Crippen LogP contribution in [0.1, 0.15) is 43.7 Å². The maximum absolute atomic E-state index is 11.3. The van der Waals surface area contributed by atoms with Gasteiger partial charge in [-0.3, -0.25) is 0 Å². The van der Waals surface area contributed by atoms with Gasteiger partial charge in [-0.25, -0.2) is 0 Å². The van der Waals surface area contributed by atoms with Crippen LogP contribution in [0.15, 0.2) is 24.7 Å². The third kappa shape index (κ3) is 3.75. The van der Waals surface area contributed by atoms with Gasteiger partial charge in [-0.1, -0.05) is 6.92 Å². The molecule has 9 nitrogen and oxygen atoms in total. The van der Waals surface area contributed by atoms with Crippen LogP contribution in [0.4, 0.5) is 11.9 Å². The molecule has 0 radical (unpaired) electrons. The molecule has 0 unspecified atom stereocenters. The average molecular weight is 381 g/mol. The molecular weight excluding hydrogens is 356 g/mol. The maximum Gasteiger partial charge on any atom is 0.230 e. The van der Waals surface area contributed by atoms with Crippen LogP contribution in [0.2, 0.25) is 0 Å². The molecule has 0 aromatic carbocycles. The number of anilines is 2. The third-order valence-electron chi connectivity index (χ3n) is 5.24. The fraction of sp³-hybridized carbons (Fsp3) is 0.526. The van der Waals surface area contributed by atoms with Crippen molar-refractivity contribution >= 4 is 17.5 Å². The van der Waals surface area contributed by atoms with Crippen molar-refractivity contribution < 1.29 is 5.11 Å². The van der Waals surface area contributed by atoms with Crippen LogP contribution in [-0.2, 0) is 13.0 Å². The van der Waals surface area contributed by atoms with Gasteiger partial charge in [0.2, 0.25) is 11.9 Å². The fourth-order valence-corrected chi connectivity index (χ4v) is 3.71. The minimum absolute atomic E-state index is 0.0730. The number of hydrogen-bond donors (Lipinski definition) is 1. The van der Waals surface area contributed by atoms with Crippen molar-refractivity contribution in [3.8, 4) is 0 Å². The molecule has 148 valence electrons. The van der Waals surface area contributed by atoms with E-state index in [1.165, 1.54) is 0 Å². The molecule has 0 aliphatic carbocycles. The van der Waals surface area contributed by atoms with Crippen LogP contribution in [0.3, 0.4) is 0 Å². The smallest absolute Gasteiger partial charge is 0.230 e. The van der Waals surface area contributed by atoms with Crippen molar-refractivity contribution in [1.29, 1.82) is 0 Å². The predicted octanol–water partition coefficient (Wildman–Crippen LogP) is 1.20. The van der Waals surface area contributed by atoms with E-state index in [4.69, 9.17) is 9.97 Å². The summed E-state index contributed by atoms with van der Waals surface area (Å²) in [4.78, 5) is 11.8. The Bertz CT molecular complexity index is 911. The highest BCUT2D eigenvalue weighted by atomic mass is 16.3. The molecule has 0 bridgehead atoms. The van der Waals surface area contributed by atoms with Crippen LogP contribution in [0, 0.1) is 0 Å². The normalized spacial score (nSPS) is 17.2. The quantitative estimate of drug-likeness (QED) is 0.650. The molecule has 1 saturated heterocycles. The van der Waals surface area contributed by atoms with Gasteiger partial charge in [0, 0.05) is 30.9 Å². The molecule has 28 heavy (non-hydrogen) atoms. The molecule has 0 saturated carbocycles. The summed E-state index contributed by atoms with van der Waals surface area (Å²) in [6, 6.07) is 2.12. The molecule has 1 N–H and O–H groups in total. The molecule has 9 heteroatoms. The minimum Gasteiger partial charge on any atom is -0.854 e. The number of rotatable bonds is 7. The average Bonchev–Trinajstić information content (AvgIpc) is 3.16. The second kappa shape index (κ2) is 8.47. The van der Waals surface area contributed by atoms with Gasteiger partial charge in [0.05, 0.1) is 12.4 Å². The van der Waals surface area contributed by atoms with Gasteiger partial charge in [0.1, 0.15) is 0 Å². The van der Waals surface area contributed by atoms with Gasteiger partial charge in [-0.2, -0.15) is 29.8 Å². The summed E-state index contributed by atoms with van der Waals surface area (Å²) in [5.41, 5.74) is 2.90. The highest BCUT2D eigenvalue weighted by Gasteiger charge is 2.25. The van der Waals surface area contributed by atoms with Crippen molar-refractivity contribution in [2.75, 3.05) is 23.4 Å². The van der Waals surface area contributed by atoms with E-state index in [9.17, 15) is 5.11 Å². The number of nitrogens with one attached hydrogen (secondary N) is 1. The van der Waals surface area contributed by atoms with Crippen LogP contribution in [0.5, 0.6) is 0 Å². The second-order valence-electron chi connectivity index (χ2n) is 7.05. The minimum atomic E-state index is -0.0730. The first kappa shape index (κ1) is 18.5. The van der Waals surface area contributed by atoms with Crippen molar-refractivity contribution in [2.45, 2.75) is 51.6 Å². The van der Waals surface area contributed by atoms with Crippen LogP contribution in [-0.4, -0.2) is 49.0 Å². The SMILES string of the molecule is CCc1cnn2c(NCc3ccnnc3)nc(N3CCCC[C@H]3CC[O-])nc12. The Kier molecular flexibility index (Phi) is 5.61. The van der Waals surface area contributed by atoms with Gasteiger partial charge < -0.3 is 15.3 Å². The zero-order valence-corrected chi connectivity index (χ0v) is 16.1. The summed E-state index contributed by atoms with van der Waals surface area (Å²) in [7, 11) is 0. The Morgan fingerprint density at radius 2 is 2.14 bits per heavy atom. The lowest BCUT2D eigenvalue weighted by molar-refractivity contribution is -0.369. The highest BCUT2D eigenvalue weighted by Crippen LogP contribution is 2.26. The Labute approximate surface area is 163 Å². The fourth-order valence-electron chi connectivity index (χ4n) is 3.71. The highest BCUT2D eigenvalue weighted by molar-refractivity contribution is 5.55. The van der Waals surface area contributed by atoms with Crippen molar-refractivity contribution in [2.24, 2.45) is 0 Å². The van der Waals surface area contributed by atoms with Gasteiger partial charge in [-0.05, 0) is 43.7 Å². The van der Waals surface area contributed by atoms with Gasteiger partial charge >= 0.3 is 0 Å². The van der Waals surface area contributed by atoms with E-state index in [-0.39, 0.29) is 12.6 Å². The van der Waals surface area contributed by atoms with Crippen molar-refractivity contribution in [3.63, 3.8) is 0 Å². The molecule has 1 fully saturated rings. The number of aryl methyl sites for hydroxylation is 1. The number of piperidine rings is 1. The summed E-state index contributed by atoms with van der Waals surface area (Å²) in [6.45, 7) is 3.46. The topological polar surface area (TPSA) is 107 Å². The first-order valence-corrected chi connectivity index (χ1v) is 9.89. The molecule has 4 rings (SSSR count). The number of fused-ring (bicyclic) bond motifs is 1. The molecule has 1 aliphatic heterocycles. The van der Waals surface area contributed by atoms with Crippen LogP contribution in [0.25, 0.3) is 5.65 Å². The number of hydrogen-bond acceptors (Lipinski definition) is 8. The van der Waals surface area contributed by atoms with Crippen LogP contribution >= 0.6 is 0 Å². The lowest BCUT2D eigenvalue weighted by Gasteiger charge is -2.36. The summed E-state index contributed by atoms with van der Waals surface area (Å²) >= 11 is 0. The van der Waals surface area contributed by atoms with Crippen molar-refractivity contribution in [1.82, 2.24) is 29.8 Å². The van der Waals surface area contributed by atoms with Crippen molar-refractivity contribution in [3.05, 3.63) is 35.8 Å². The first-order valence-electron chi connectivity index (χ1n) is 9.89. The van der Waals surface area contributed by atoms with E-state index in [1.807, 2.05) is 12.3 Å². The summed E-state index contributed by atoms with van der Waals surface area (Å²) in [5.74, 6) is 1.32. The summed E-state index contributed by atoms with van der Waals surface area (Å²) in [5, 5.41) is 26.8. The third-order valence-corrected chi connectivity index (χ3v) is 5.24. The standard InChI is InChI=1S/C19H25N8O/c1-2-15-13-23-27-17(15)24-19(26-9-4-3-5-16(26)7-10-28)25-18(27)20-11-14-6-8-21-22-12-14/h6,8,12-13,16H,2-5,7,9-11H2,1H3,(H,20,24,25)/q-1/t16-/m0/s1. The Morgan fingerprint density at radius 3 is 2.93 bits per heavy atom. The Morgan fingerprint density at radius 1 is 1.21 bits per heavy atom. The Hall–Kier alpha value is -2.81. The molecule has 3 aromatic heterocycles. The summed E-state index contributed by atoms with van der Waals surface area (Å²) < 4.78 is 1.75. The molecular formula is C19H25N8O-. The molecule has 0 amide bonds. The van der Waals surface area contributed by atoms with Crippen LogP contribution < -0.4 is 15.3 Å². The monoisotopic (exact) mass is 381 g/mol. The largest absolute Gasteiger partial charge is 0.854 e. The molecule has 4 heterocycles. The lowest BCUT2D eigenvalue weighted by Crippen LogP contribution is -2.42. The Balaban J connectivity index is 1.70. The van der Waals surface area contributed by atoms with E-state index < -0.39 is 0 Å². The molecule has 3 aromatic rings. The maximum atomic E-state index is 11.3. The first-order chi connectivity index (χ1) is 13.8. The zero-order chi connectivity index (χ0) is 19.3. The van der Waals surface area contributed by atoms with Gasteiger partial charge in [0.15, 0.2) is 5.65 Å². The molecule has 0 spiro atoms. The number of nitrogens with zero attached hydrogens (tertiary/aromatic N) is 7. The van der Waals surface area contributed by atoms with E-state index in [0.29, 0.717) is 24.9 Å². The van der Waals surface area contributed by atoms with Gasteiger partial charge in [0.25, 0.3) is 0 Å². The zero-order valence-electron chi connectivity index (χ0n) is 16.1. The van der Waals surface area contributed by atoms with E-state index in [0.717, 1.165) is 49.0 Å². The molecule has 1 atom stereocenters. The lowest BCUT2D eigenvalue weighted by atomic mass is 10.0. The van der Waals surface area contributed by atoms with E-state index in [2.05, 4.69) is 32.4 Å². The van der Waals surface area contributed by atoms with E-state index in [1.54, 1.807) is 16.9 Å². The summed E-state index contributed by atoms with van der Waals surface area (Å²) in [6.07, 6.45) is 9.97. The van der Waals surface area contributed by atoms with E-state index >= 15 is 0 Å². The van der Waals surface area contributed by atoms with Gasteiger partial charge in [-0.15, -0.1) is 6.61 Å². The predicted molar refractivity (Wildman–Crippen MR) is 104 cm³/mol. The molecule has 1 aliphatic rings.